The van der Waals surface area contributed by atoms with Gasteiger partial charge in [-0.25, -0.2) is 0 Å². The predicted octanol–water partition coefficient (Wildman–Crippen LogP) is 25.6. The van der Waals surface area contributed by atoms with Gasteiger partial charge in [0, 0.05) is 19.3 Å². The highest BCUT2D eigenvalue weighted by Crippen LogP contribution is 2.20. The second kappa shape index (κ2) is 70.6. The van der Waals surface area contributed by atoms with Crippen molar-refractivity contribution in [2.75, 3.05) is 13.2 Å². The van der Waals surface area contributed by atoms with E-state index in [1.165, 1.54) is 327 Å². The molecule has 0 radical (unpaired) electrons. The van der Waals surface area contributed by atoms with Crippen LogP contribution >= 0.6 is 0 Å². The highest BCUT2D eigenvalue weighted by molar-refractivity contribution is 5.71. The molecular formula is C75H144O6. The van der Waals surface area contributed by atoms with Gasteiger partial charge in [-0.15, -0.1) is 0 Å². The summed E-state index contributed by atoms with van der Waals surface area (Å²) in [6, 6.07) is 0. The standard InChI is InChI=1S/C75H144O6/c1-4-7-10-13-16-19-22-25-28-31-32-33-34-35-36-37-38-39-40-41-42-43-44-45-48-50-53-56-59-62-65-68-74(77)80-71-72(81-75(78)69-66-63-60-57-54-51-47-30-27-24-21-18-15-12-9-6-3)70-79-73(76)67-64-61-58-55-52-49-46-29-26-23-20-17-14-11-8-5-2/h30,47,72H,4-29,31-46,48-71H2,1-3H3/b47-30-. The van der Waals surface area contributed by atoms with Crippen LogP contribution in [0, 0.1) is 0 Å². The van der Waals surface area contributed by atoms with Crippen LogP contribution in [0.4, 0.5) is 0 Å². The average Bonchev–Trinajstić information content (AvgIpc) is 3.47. The van der Waals surface area contributed by atoms with Crippen molar-refractivity contribution >= 4 is 17.9 Å². The van der Waals surface area contributed by atoms with Crippen LogP contribution in [-0.4, -0.2) is 37.2 Å². The monoisotopic (exact) mass is 1140 g/mol. The fraction of sp³-hybridized carbons (Fsp3) is 0.933. The Morgan fingerprint density at radius 3 is 0.617 bits per heavy atom. The fourth-order valence-electron chi connectivity index (χ4n) is 11.7. The van der Waals surface area contributed by atoms with Crippen molar-refractivity contribution in [1.82, 2.24) is 0 Å². The van der Waals surface area contributed by atoms with E-state index >= 15 is 0 Å². The van der Waals surface area contributed by atoms with Gasteiger partial charge in [-0.1, -0.05) is 380 Å². The number of esters is 3. The third kappa shape index (κ3) is 68.8. The third-order valence-corrected chi connectivity index (χ3v) is 17.3. The van der Waals surface area contributed by atoms with E-state index in [1.807, 2.05) is 0 Å². The molecule has 1 atom stereocenters. The molecule has 0 N–H and O–H groups in total. The van der Waals surface area contributed by atoms with Crippen LogP contribution in [-0.2, 0) is 28.6 Å². The number of carbonyl (C=O) groups is 3. The van der Waals surface area contributed by atoms with E-state index in [4.69, 9.17) is 14.2 Å². The molecule has 81 heavy (non-hydrogen) atoms. The Morgan fingerprint density at radius 2 is 0.407 bits per heavy atom. The van der Waals surface area contributed by atoms with Gasteiger partial charge in [0.1, 0.15) is 13.2 Å². The molecule has 0 aliphatic heterocycles. The summed E-state index contributed by atoms with van der Waals surface area (Å²) in [6.45, 7) is 6.73. The first-order valence-corrected chi connectivity index (χ1v) is 37.2. The molecule has 0 fully saturated rings. The lowest BCUT2D eigenvalue weighted by molar-refractivity contribution is -0.167. The summed E-state index contributed by atoms with van der Waals surface area (Å²) in [5.41, 5.74) is 0. The highest BCUT2D eigenvalue weighted by atomic mass is 16.6. The molecule has 0 amide bonds. The number of ether oxygens (including phenoxy) is 3. The first-order chi connectivity index (χ1) is 40.0. The van der Waals surface area contributed by atoms with E-state index in [0.717, 1.165) is 64.2 Å². The highest BCUT2D eigenvalue weighted by Gasteiger charge is 2.20. The van der Waals surface area contributed by atoms with Crippen LogP contribution in [0.15, 0.2) is 12.2 Å². The number of unbranched alkanes of at least 4 members (excludes halogenated alkanes) is 57. The molecule has 0 rings (SSSR count). The minimum Gasteiger partial charge on any atom is -0.462 e. The van der Waals surface area contributed by atoms with Gasteiger partial charge in [-0.3, -0.25) is 14.4 Å². The molecule has 1 unspecified atom stereocenters. The lowest BCUT2D eigenvalue weighted by Crippen LogP contribution is -2.30. The second-order valence-electron chi connectivity index (χ2n) is 25.6. The Kier molecular flexibility index (Phi) is 69.0. The molecule has 0 saturated heterocycles. The summed E-state index contributed by atoms with van der Waals surface area (Å²) in [6.07, 6.45) is 85.5. The molecule has 6 nitrogen and oxygen atoms in total. The average molecular weight is 1140 g/mol. The Morgan fingerprint density at radius 1 is 0.235 bits per heavy atom. The quantitative estimate of drug-likeness (QED) is 0.0261. The molecule has 0 saturated carbocycles. The summed E-state index contributed by atoms with van der Waals surface area (Å²) in [7, 11) is 0. The molecule has 480 valence electrons. The van der Waals surface area contributed by atoms with Crippen molar-refractivity contribution in [3.8, 4) is 0 Å². The topological polar surface area (TPSA) is 78.9 Å². The van der Waals surface area contributed by atoms with E-state index in [1.54, 1.807) is 0 Å². The van der Waals surface area contributed by atoms with Gasteiger partial charge in [-0.05, 0) is 44.9 Å². The summed E-state index contributed by atoms with van der Waals surface area (Å²) in [5.74, 6) is -0.838. The lowest BCUT2D eigenvalue weighted by Gasteiger charge is -2.18. The van der Waals surface area contributed by atoms with Gasteiger partial charge in [0.15, 0.2) is 6.10 Å². The maximum Gasteiger partial charge on any atom is 0.306 e. The minimum absolute atomic E-state index is 0.0665. The zero-order chi connectivity index (χ0) is 58.5. The minimum atomic E-state index is -0.771. The number of hydrogen-bond donors (Lipinski definition) is 0. The molecular weight excluding hydrogens is 997 g/mol. The lowest BCUT2D eigenvalue weighted by atomic mass is 10.0. The molecule has 0 aromatic carbocycles. The van der Waals surface area contributed by atoms with Crippen molar-refractivity contribution in [2.45, 2.75) is 438 Å². The number of hydrogen-bond acceptors (Lipinski definition) is 6. The molecule has 0 heterocycles. The van der Waals surface area contributed by atoms with Gasteiger partial charge in [-0.2, -0.15) is 0 Å². The molecule has 6 heteroatoms. The molecule has 0 spiro atoms. The van der Waals surface area contributed by atoms with Crippen molar-refractivity contribution in [2.24, 2.45) is 0 Å². The molecule has 0 aromatic rings. The van der Waals surface area contributed by atoms with E-state index in [9.17, 15) is 14.4 Å². The fourth-order valence-corrected chi connectivity index (χ4v) is 11.7. The van der Waals surface area contributed by atoms with Crippen LogP contribution in [0.1, 0.15) is 432 Å². The molecule has 0 bridgehead atoms. The molecule has 0 aliphatic rings. The maximum absolute atomic E-state index is 12.9. The van der Waals surface area contributed by atoms with E-state index in [-0.39, 0.29) is 31.1 Å². The van der Waals surface area contributed by atoms with Gasteiger partial charge < -0.3 is 14.2 Å². The van der Waals surface area contributed by atoms with Crippen molar-refractivity contribution in [1.29, 1.82) is 0 Å². The van der Waals surface area contributed by atoms with Crippen LogP contribution in [0.5, 0.6) is 0 Å². The van der Waals surface area contributed by atoms with Crippen LogP contribution in [0.3, 0.4) is 0 Å². The predicted molar refractivity (Wildman–Crippen MR) is 353 cm³/mol. The number of carbonyl (C=O) groups excluding carboxylic acids is 3. The SMILES string of the molecule is CCCCCCCCC/C=C\CCCCCCCC(=O)OC(COC(=O)CCCCCCCCCCCCCCCCCC)COC(=O)CCCCCCCCCCCCCCCCCCCCCCCCCCCCCCCCC. The largest absolute Gasteiger partial charge is 0.462 e. The van der Waals surface area contributed by atoms with Crippen LogP contribution < -0.4 is 0 Å². The smallest absolute Gasteiger partial charge is 0.306 e. The number of rotatable bonds is 70. The zero-order valence-electron chi connectivity index (χ0n) is 55.4. The first kappa shape index (κ1) is 79.2. The van der Waals surface area contributed by atoms with Crippen molar-refractivity contribution in [3.05, 3.63) is 12.2 Å². The van der Waals surface area contributed by atoms with Gasteiger partial charge in [0.2, 0.25) is 0 Å². The summed E-state index contributed by atoms with van der Waals surface area (Å²) < 4.78 is 17.0. The zero-order valence-corrected chi connectivity index (χ0v) is 55.4. The van der Waals surface area contributed by atoms with Gasteiger partial charge in [0.25, 0.3) is 0 Å². The second-order valence-corrected chi connectivity index (χ2v) is 25.6. The Hall–Kier alpha value is -1.85. The molecule has 0 aromatic heterocycles. The van der Waals surface area contributed by atoms with E-state index in [2.05, 4.69) is 32.9 Å². The summed E-state index contributed by atoms with van der Waals surface area (Å²) >= 11 is 0. The Labute approximate surface area is 507 Å². The maximum atomic E-state index is 12.9. The number of allylic oxidation sites excluding steroid dienone is 2. The summed E-state index contributed by atoms with van der Waals surface area (Å²) in [4.78, 5) is 38.4. The van der Waals surface area contributed by atoms with E-state index < -0.39 is 6.10 Å². The Bertz CT molecular complexity index is 1260. The third-order valence-electron chi connectivity index (χ3n) is 17.3. The van der Waals surface area contributed by atoms with Crippen molar-refractivity contribution < 1.29 is 28.6 Å². The normalized spacial score (nSPS) is 12.0. The molecule has 0 aliphatic carbocycles. The van der Waals surface area contributed by atoms with Crippen LogP contribution in [0.25, 0.3) is 0 Å². The summed E-state index contributed by atoms with van der Waals surface area (Å²) in [5, 5.41) is 0. The Balaban J connectivity index is 4.13. The van der Waals surface area contributed by atoms with Gasteiger partial charge in [0.05, 0.1) is 0 Å². The first-order valence-electron chi connectivity index (χ1n) is 37.2. The van der Waals surface area contributed by atoms with E-state index in [0.29, 0.717) is 19.3 Å². The van der Waals surface area contributed by atoms with Crippen LogP contribution in [0.2, 0.25) is 0 Å². The van der Waals surface area contributed by atoms with Gasteiger partial charge >= 0.3 is 17.9 Å². The van der Waals surface area contributed by atoms with Crippen molar-refractivity contribution in [3.63, 3.8) is 0 Å².